The van der Waals surface area contributed by atoms with Gasteiger partial charge in [0.25, 0.3) is 0 Å². The molecule has 4 heteroatoms. The summed E-state index contributed by atoms with van der Waals surface area (Å²) in [5.41, 5.74) is 1.07. The first-order valence-corrected chi connectivity index (χ1v) is 6.61. The van der Waals surface area contributed by atoms with E-state index in [1.165, 1.54) is 4.88 Å². The van der Waals surface area contributed by atoms with Gasteiger partial charge in [-0.1, -0.05) is 23.7 Å². The highest BCUT2D eigenvalue weighted by Crippen LogP contribution is 2.26. The van der Waals surface area contributed by atoms with E-state index in [1.54, 1.807) is 23.5 Å². The molecule has 1 heterocycles. The maximum absolute atomic E-state index is 9.36. The van der Waals surface area contributed by atoms with Crippen molar-refractivity contribution in [2.75, 3.05) is 0 Å². The Morgan fingerprint density at radius 3 is 2.82 bits per heavy atom. The van der Waals surface area contributed by atoms with Gasteiger partial charge in [-0.15, -0.1) is 11.3 Å². The molecule has 2 N–H and O–H groups in total. The number of benzene rings is 1. The SMILES string of the molecule is CC(NCc1cccc(O)c1)c1ccc(Cl)s1. The zero-order valence-electron chi connectivity index (χ0n) is 9.48. The van der Waals surface area contributed by atoms with Crippen LogP contribution in [0.25, 0.3) is 0 Å². The molecule has 1 unspecified atom stereocenters. The Balaban J connectivity index is 1.94. The molecule has 1 atom stereocenters. The fraction of sp³-hybridized carbons (Fsp3) is 0.231. The normalized spacial score (nSPS) is 12.6. The van der Waals surface area contributed by atoms with Gasteiger partial charge in [0, 0.05) is 17.5 Å². The summed E-state index contributed by atoms with van der Waals surface area (Å²) in [5.74, 6) is 0.302. The molecule has 0 radical (unpaired) electrons. The Hall–Kier alpha value is -1.03. The number of halogens is 1. The Morgan fingerprint density at radius 2 is 2.18 bits per heavy atom. The molecule has 0 aliphatic heterocycles. The van der Waals surface area contributed by atoms with E-state index in [0.717, 1.165) is 16.4 Å². The largest absolute Gasteiger partial charge is 0.508 e. The van der Waals surface area contributed by atoms with Gasteiger partial charge in [-0.25, -0.2) is 0 Å². The Bertz CT molecular complexity index is 498. The number of phenolic OH excluding ortho intramolecular Hbond substituents is 1. The molecule has 0 fully saturated rings. The Labute approximate surface area is 110 Å². The molecule has 17 heavy (non-hydrogen) atoms. The maximum Gasteiger partial charge on any atom is 0.115 e. The van der Waals surface area contributed by atoms with Crippen LogP contribution in [-0.4, -0.2) is 5.11 Å². The van der Waals surface area contributed by atoms with Crippen LogP contribution in [0.5, 0.6) is 5.75 Å². The highest BCUT2D eigenvalue weighted by atomic mass is 35.5. The molecule has 1 aromatic carbocycles. The topological polar surface area (TPSA) is 32.3 Å². The molecule has 0 spiro atoms. The van der Waals surface area contributed by atoms with Crippen molar-refractivity contribution in [1.29, 1.82) is 0 Å². The molecule has 2 nitrogen and oxygen atoms in total. The zero-order valence-corrected chi connectivity index (χ0v) is 11.1. The van der Waals surface area contributed by atoms with E-state index in [0.29, 0.717) is 5.75 Å². The quantitative estimate of drug-likeness (QED) is 0.879. The lowest BCUT2D eigenvalue weighted by molar-refractivity contribution is 0.473. The van der Waals surface area contributed by atoms with Crippen LogP contribution >= 0.6 is 22.9 Å². The summed E-state index contributed by atoms with van der Waals surface area (Å²) in [6.07, 6.45) is 0. The second-order valence-electron chi connectivity index (χ2n) is 3.91. The molecular weight excluding hydrogens is 254 g/mol. The first-order valence-electron chi connectivity index (χ1n) is 5.41. The van der Waals surface area contributed by atoms with E-state index >= 15 is 0 Å². The van der Waals surface area contributed by atoms with Crippen LogP contribution in [0.2, 0.25) is 4.34 Å². The summed E-state index contributed by atoms with van der Waals surface area (Å²) < 4.78 is 0.811. The summed E-state index contributed by atoms with van der Waals surface area (Å²) >= 11 is 7.49. The second kappa shape index (κ2) is 5.54. The standard InChI is InChI=1S/C13H14ClNOS/c1-9(12-5-6-13(14)17-12)15-8-10-3-2-4-11(16)7-10/h2-7,9,15-16H,8H2,1H3. The van der Waals surface area contributed by atoms with E-state index in [1.807, 2.05) is 24.3 Å². The van der Waals surface area contributed by atoms with Gasteiger partial charge in [-0.05, 0) is 36.8 Å². The van der Waals surface area contributed by atoms with Crippen molar-refractivity contribution in [3.8, 4) is 5.75 Å². The number of rotatable bonds is 4. The van der Waals surface area contributed by atoms with Crippen molar-refractivity contribution in [2.45, 2.75) is 19.5 Å². The van der Waals surface area contributed by atoms with Gasteiger partial charge in [0.1, 0.15) is 5.75 Å². The fourth-order valence-corrected chi connectivity index (χ4v) is 2.69. The lowest BCUT2D eigenvalue weighted by Crippen LogP contribution is -2.16. The highest BCUT2D eigenvalue weighted by Gasteiger charge is 2.07. The van der Waals surface area contributed by atoms with Crippen LogP contribution in [0.1, 0.15) is 23.4 Å². The molecule has 0 saturated carbocycles. The minimum absolute atomic E-state index is 0.259. The number of hydrogen-bond donors (Lipinski definition) is 2. The van der Waals surface area contributed by atoms with Gasteiger partial charge in [0.2, 0.25) is 0 Å². The van der Waals surface area contributed by atoms with E-state index in [-0.39, 0.29) is 6.04 Å². The number of phenols is 1. The lowest BCUT2D eigenvalue weighted by Gasteiger charge is -2.12. The third-order valence-electron chi connectivity index (χ3n) is 2.54. The van der Waals surface area contributed by atoms with Crippen LogP contribution in [0.15, 0.2) is 36.4 Å². The summed E-state index contributed by atoms with van der Waals surface area (Å²) in [7, 11) is 0. The molecule has 2 rings (SSSR count). The smallest absolute Gasteiger partial charge is 0.115 e. The maximum atomic E-state index is 9.36. The molecule has 0 aliphatic carbocycles. The minimum Gasteiger partial charge on any atom is -0.508 e. The third kappa shape index (κ3) is 3.46. The summed E-state index contributed by atoms with van der Waals surface area (Å²) in [6, 6.07) is 11.5. The Morgan fingerprint density at radius 1 is 1.35 bits per heavy atom. The van der Waals surface area contributed by atoms with Gasteiger partial charge < -0.3 is 10.4 Å². The van der Waals surface area contributed by atoms with Crippen LogP contribution in [0.3, 0.4) is 0 Å². The van der Waals surface area contributed by atoms with Crippen molar-refractivity contribution in [3.05, 3.63) is 51.2 Å². The van der Waals surface area contributed by atoms with Gasteiger partial charge in [0.05, 0.1) is 4.34 Å². The van der Waals surface area contributed by atoms with Crippen LogP contribution < -0.4 is 5.32 Å². The second-order valence-corrected chi connectivity index (χ2v) is 5.66. The summed E-state index contributed by atoms with van der Waals surface area (Å²) in [4.78, 5) is 1.22. The number of aromatic hydroxyl groups is 1. The number of thiophene rings is 1. The van der Waals surface area contributed by atoms with Crippen molar-refractivity contribution in [2.24, 2.45) is 0 Å². The average Bonchev–Trinajstić information content (AvgIpc) is 2.73. The van der Waals surface area contributed by atoms with E-state index in [2.05, 4.69) is 12.2 Å². The molecule has 2 aromatic rings. The zero-order chi connectivity index (χ0) is 12.3. The fourth-order valence-electron chi connectivity index (χ4n) is 1.60. The molecule has 0 bridgehead atoms. The molecule has 0 amide bonds. The monoisotopic (exact) mass is 267 g/mol. The highest BCUT2D eigenvalue weighted by molar-refractivity contribution is 7.16. The van der Waals surface area contributed by atoms with E-state index in [4.69, 9.17) is 11.6 Å². The van der Waals surface area contributed by atoms with Crippen LogP contribution in [0.4, 0.5) is 0 Å². The number of hydrogen-bond acceptors (Lipinski definition) is 3. The third-order valence-corrected chi connectivity index (χ3v) is 3.96. The van der Waals surface area contributed by atoms with Gasteiger partial charge in [-0.2, -0.15) is 0 Å². The lowest BCUT2D eigenvalue weighted by atomic mass is 10.2. The van der Waals surface area contributed by atoms with Gasteiger partial charge >= 0.3 is 0 Å². The molecule has 0 saturated heterocycles. The minimum atomic E-state index is 0.259. The molecular formula is C13H14ClNOS. The molecule has 0 aliphatic rings. The van der Waals surface area contributed by atoms with Crippen LogP contribution in [0, 0.1) is 0 Å². The van der Waals surface area contributed by atoms with Gasteiger partial charge in [0.15, 0.2) is 0 Å². The first kappa shape index (κ1) is 12.4. The molecule has 1 aromatic heterocycles. The average molecular weight is 268 g/mol. The van der Waals surface area contributed by atoms with Crippen molar-refractivity contribution in [1.82, 2.24) is 5.32 Å². The summed E-state index contributed by atoms with van der Waals surface area (Å²) in [5, 5.41) is 12.8. The van der Waals surface area contributed by atoms with E-state index < -0.39 is 0 Å². The molecule has 90 valence electrons. The predicted molar refractivity (Wildman–Crippen MR) is 72.7 cm³/mol. The predicted octanol–water partition coefficient (Wildman–Crippen LogP) is 3.96. The first-order chi connectivity index (χ1) is 8.15. The van der Waals surface area contributed by atoms with Crippen LogP contribution in [-0.2, 0) is 6.54 Å². The van der Waals surface area contributed by atoms with E-state index in [9.17, 15) is 5.11 Å². The van der Waals surface area contributed by atoms with Crippen molar-refractivity contribution >= 4 is 22.9 Å². The Kier molecular flexibility index (Phi) is 4.05. The van der Waals surface area contributed by atoms with Crippen molar-refractivity contribution in [3.63, 3.8) is 0 Å². The number of nitrogens with one attached hydrogen (secondary N) is 1. The van der Waals surface area contributed by atoms with Crippen molar-refractivity contribution < 1.29 is 5.11 Å². The van der Waals surface area contributed by atoms with Gasteiger partial charge in [-0.3, -0.25) is 0 Å². The summed E-state index contributed by atoms with van der Waals surface area (Å²) in [6.45, 7) is 2.83.